The summed E-state index contributed by atoms with van der Waals surface area (Å²) < 4.78 is 12.0. The summed E-state index contributed by atoms with van der Waals surface area (Å²) in [5.74, 6) is 0.290. The van der Waals surface area contributed by atoms with Crippen LogP contribution in [0, 0.1) is 35.0 Å². The van der Waals surface area contributed by atoms with E-state index in [0.717, 1.165) is 30.4 Å². The van der Waals surface area contributed by atoms with Crippen molar-refractivity contribution in [2.45, 2.75) is 75.5 Å². The number of hydrogen-bond acceptors (Lipinski definition) is 5. The zero-order valence-electron chi connectivity index (χ0n) is 19.4. The number of carbonyl (C=O) groups is 1. The van der Waals surface area contributed by atoms with Crippen molar-refractivity contribution in [2.24, 2.45) is 35.0 Å². The van der Waals surface area contributed by atoms with Crippen molar-refractivity contribution in [3.8, 4) is 0 Å². The summed E-state index contributed by atoms with van der Waals surface area (Å²) in [6.07, 6.45) is 3.09. The Hall–Kier alpha value is -0.0000000000000000555. The van der Waals surface area contributed by atoms with Crippen molar-refractivity contribution in [3.63, 3.8) is 0 Å². The molecule has 2 aliphatic heterocycles. The number of halogens is 1. The quantitative estimate of drug-likeness (QED) is 0.258. The smallest absolute Gasteiger partial charge is 0.334 e. The van der Waals surface area contributed by atoms with Crippen LogP contribution in [0.15, 0.2) is 11.1 Å². The molecule has 7 heteroatoms. The molecule has 2 N–H and O–H groups in total. The van der Waals surface area contributed by atoms with Gasteiger partial charge in [0.2, 0.25) is 0 Å². The summed E-state index contributed by atoms with van der Waals surface area (Å²) in [5.41, 5.74) is -0.00274. The van der Waals surface area contributed by atoms with E-state index in [1.54, 1.807) is 0 Å². The Balaban J connectivity index is 0.00000112. The summed E-state index contributed by atoms with van der Waals surface area (Å²) >= 11 is 3.94. The van der Waals surface area contributed by atoms with Crippen LogP contribution < -0.4 is 0 Å². The molecule has 4 unspecified atom stereocenters. The first kappa shape index (κ1) is 24.1. The maximum atomic E-state index is 12.5. The highest BCUT2D eigenvalue weighted by Gasteiger charge is 2.87. The second kappa shape index (κ2) is 8.05. The molecule has 3 aliphatic carbocycles. The Labute approximate surface area is 197 Å². The number of fused-ring (bicyclic) bond motifs is 2. The van der Waals surface area contributed by atoms with Crippen LogP contribution in [0.4, 0.5) is 0 Å². The molecule has 0 amide bonds. The van der Waals surface area contributed by atoms with Crippen LogP contribution in [-0.4, -0.2) is 58.2 Å². The molecule has 10 atom stereocenters. The molecule has 0 bridgehead atoms. The first-order valence-corrected chi connectivity index (χ1v) is 13.9. The number of carbonyl (C=O) groups excluding carboxylic acids is 1. The number of aliphatic hydroxyl groups is 2. The number of esters is 1. The highest BCUT2D eigenvalue weighted by Crippen LogP contribution is 2.76. The molecule has 0 aromatic carbocycles. The molecule has 176 valence electrons. The van der Waals surface area contributed by atoms with Gasteiger partial charge in [0.05, 0.1) is 0 Å². The molecular weight excluding hydrogens is 479 g/mol. The second-order valence-electron chi connectivity index (χ2n) is 10.5. The number of aliphatic hydroxyl groups excluding tert-OH is 1. The van der Waals surface area contributed by atoms with E-state index in [2.05, 4.69) is 52.9 Å². The predicted molar refractivity (Wildman–Crippen MR) is 127 cm³/mol. The van der Waals surface area contributed by atoms with E-state index in [4.69, 9.17) is 9.47 Å². The molecule has 0 radical (unpaired) electrons. The first-order chi connectivity index (χ1) is 14.7. The lowest BCUT2D eigenvalue weighted by Crippen LogP contribution is -2.74. The van der Waals surface area contributed by atoms with Gasteiger partial charge in [-0.1, -0.05) is 56.7 Å². The number of cyclic esters (lactones) is 1. The third kappa shape index (κ3) is 2.78. The highest BCUT2D eigenvalue weighted by molar-refractivity contribution is 9.09. The van der Waals surface area contributed by atoms with Gasteiger partial charge in [-0.2, -0.15) is 0 Å². The van der Waals surface area contributed by atoms with Gasteiger partial charge in [0.1, 0.15) is 23.9 Å². The fraction of sp³-hybridized carbons (Fsp3) is 0.875. The minimum atomic E-state index is -1.06. The van der Waals surface area contributed by atoms with Gasteiger partial charge in [0.25, 0.3) is 0 Å². The molecule has 2 heterocycles. The van der Waals surface area contributed by atoms with E-state index in [9.17, 15) is 15.0 Å². The molecule has 1 spiro atoms. The van der Waals surface area contributed by atoms with Crippen LogP contribution in [0.2, 0.25) is 0 Å². The number of ether oxygens (including phenoxy) is 2. The second-order valence-corrected chi connectivity index (χ2v) is 11.6. The van der Waals surface area contributed by atoms with Crippen LogP contribution in [0.25, 0.3) is 0 Å². The number of hydrogen-bond donors (Lipinski definition) is 2. The Kier molecular flexibility index (Phi) is 6.26. The normalized spacial score (nSPS) is 49.9. The fourth-order valence-electron chi connectivity index (χ4n) is 8.14. The third-order valence-electron chi connectivity index (χ3n) is 9.47. The maximum absolute atomic E-state index is 12.5. The van der Waals surface area contributed by atoms with Crippen LogP contribution in [-0.2, 0) is 14.3 Å². The summed E-state index contributed by atoms with van der Waals surface area (Å²) in [5, 5.41) is 23.1. The van der Waals surface area contributed by atoms with Gasteiger partial charge < -0.3 is 19.7 Å². The topological polar surface area (TPSA) is 79.3 Å². The van der Waals surface area contributed by atoms with Crippen LogP contribution in [0.1, 0.15) is 53.4 Å². The minimum absolute atomic E-state index is 0.0199. The number of rotatable bonds is 3. The van der Waals surface area contributed by atoms with Gasteiger partial charge in [-0.05, 0) is 48.5 Å². The lowest BCUT2D eigenvalue weighted by atomic mass is 9.41. The van der Waals surface area contributed by atoms with E-state index in [0.29, 0.717) is 18.9 Å². The van der Waals surface area contributed by atoms with Gasteiger partial charge in [0, 0.05) is 28.3 Å². The number of epoxide rings is 1. The van der Waals surface area contributed by atoms with Crippen molar-refractivity contribution in [3.05, 3.63) is 11.1 Å². The van der Waals surface area contributed by atoms with E-state index in [1.807, 2.05) is 6.66 Å². The van der Waals surface area contributed by atoms with Gasteiger partial charge in [-0.15, -0.1) is 9.24 Å². The lowest BCUT2D eigenvalue weighted by Gasteiger charge is -2.64. The minimum Gasteiger partial charge on any atom is -0.458 e. The lowest BCUT2D eigenvalue weighted by molar-refractivity contribution is -0.233. The molecular formula is C24H38BrO5P. The van der Waals surface area contributed by atoms with Crippen LogP contribution in [0.5, 0.6) is 0 Å². The fourth-order valence-corrected chi connectivity index (χ4v) is 9.60. The zero-order chi connectivity index (χ0) is 22.9. The van der Waals surface area contributed by atoms with Crippen molar-refractivity contribution < 1.29 is 24.5 Å². The summed E-state index contributed by atoms with van der Waals surface area (Å²) in [6.45, 7) is 11.0. The van der Waals surface area contributed by atoms with Gasteiger partial charge >= 0.3 is 5.97 Å². The Bertz CT molecular complexity index is 786. The molecule has 5 rings (SSSR count). The van der Waals surface area contributed by atoms with Crippen LogP contribution >= 0.6 is 25.2 Å². The van der Waals surface area contributed by atoms with Crippen molar-refractivity contribution in [1.29, 1.82) is 0 Å². The molecule has 5 aliphatic rings. The Morgan fingerprint density at radius 1 is 1.32 bits per heavy atom. The van der Waals surface area contributed by atoms with Crippen molar-refractivity contribution in [1.82, 2.24) is 0 Å². The van der Waals surface area contributed by atoms with E-state index >= 15 is 0 Å². The average molecular weight is 517 g/mol. The van der Waals surface area contributed by atoms with Crippen molar-refractivity contribution >= 4 is 31.1 Å². The van der Waals surface area contributed by atoms with Gasteiger partial charge in [-0.25, -0.2) is 4.79 Å². The summed E-state index contributed by atoms with van der Waals surface area (Å²) in [7, 11) is 2.42. The molecule has 31 heavy (non-hydrogen) atoms. The van der Waals surface area contributed by atoms with Crippen LogP contribution in [0.3, 0.4) is 0 Å². The summed E-state index contributed by atoms with van der Waals surface area (Å²) in [6, 6.07) is 0. The van der Waals surface area contributed by atoms with E-state index in [1.165, 1.54) is 0 Å². The van der Waals surface area contributed by atoms with Gasteiger partial charge in [-0.3, -0.25) is 0 Å². The predicted octanol–water partition coefficient (Wildman–Crippen LogP) is 3.70. The molecule has 1 saturated heterocycles. The highest BCUT2D eigenvalue weighted by atomic mass is 79.9. The Morgan fingerprint density at radius 2 is 2.00 bits per heavy atom. The Morgan fingerprint density at radius 3 is 2.58 bits per heavy atom. The zero-order valence-corrected chi connectivity index (χ0v) is 22.1. The van der Waals surface area contributed by atoms with Gasteiger partial charge in [0.15, 0.2) is 0 Å². The number of alkyl halides is 1. The van der Waals surface area contributed by atoms with E-state index in [-0.39, 0.29) is 52.6 Å². The third-order valence-corrected chi connectivity index (χ3v) is 10.6. The molecule has 5 nitrogen and oxygen atoms in total. The summed E-state index contributed by atoms with van der Waals surface area (Å²) in [4.78, 5) is 12.3. The standard InChI is InChI=1S/C23H33BrO5.CH5P/c1-5-12-8-15-14-10-28-20(26)13(14)6-7-21(15,4)23-19(29-23)18(24)17(11(2)3)16(9-25)22(12,23)27;1-2/h11-12,15-19,25,27H,5-10H2,1-4H3;2H2,1H3/t12-,15?,16-,17?,18?,19+,21+,22-,23-;/m1./s1. The first-order valence-electron chi connectivity index (χ1n) is 11.8. The SMILES string of the molecule is CC[C@@H]1CC2C3=C(CC[C@]2(C)[C@]24O[C@H]2C(Br)C(C(C)C)[C@@H](CO)[C@]14O)C(=O)OC3.CP. The average Bonchev–Trinajstić information content (AvgIpc) is 3.43. The molecule has 0 aromatic heterocycles. The van der Waals surface area contributed by atoms with E-state index < -0.39 is 11.2 Å². The molecule has 3 fully saturated rings. The largest absolute Gasteiger partial charge is 0.458 e. The molecule has 2 saturated carbocycles. The molecule has 0 aromatic rings. The monoisotopic (exact) mass is 516 g/mol. The van der Waals surface area contributed by atoms with Crippen molar-refractivity contribution in [2.75, 3.05) is 19.9 Å². The maximum Gasteiger partial charge on any atom is 0.334 e.